The lowest BCUT2D eigenvalue weighted by Crippen LogP contribution is -2.15. The Morgan fingerprint density at radius 3 is 2.89 bits per heavy atom. The molecule has 0 aliphatic heterocycles. The second kappa shape index (κ2) is 4.80. The zero-order valence-corrected chi connectivity index (χ0v) is 10.2. The first-order valence-electron chi connectivity index (χ1n) is 5.80. The van der Waals surface area contributed by atoms with Crippen LogP contribution in [0.2, 0.25) is 0 Å². The van der Waals surface area contributed by atoms with E-state index in [0.29, 0.717) is 17.1 Å². The van der Waals surface area contributed by atoms with Crippen LogP contribution in [0, 0.1) is 11.3 Å². The molecule has 0 unspecified atom stereocenters. The van der Waals surface area contributed by atoms with Crippen molar-refractivity contribution in [2.45, 2.75) is 19.8 Å². The molecule has 5 nitrogen and oxygen atoms in total. The molecular weight excluding hydrogens is 226 g/mol. The molecule has 0 saturated carbocycles. The van der Waals surface area contributed by atoms with Crippen LogP contribution in [0.5, 0.6) is 0 Å². The third-order valence-electron chi connectivity index (χ3n) is 2.76. The van der Waals surface area contributed by atoms with Gasteiger partial charge in [0.05, 0.1) is 11.6 Å². The van der Waals surface area contributed by atoms with E-state index in [9.17, 15) is 0 Å². The van der Waals surface area contributed by atoms with Gasteiger partial charge in [0.25, 0.3) is 0 Å². The minimum atomic E-state index is 0.425. The number of nitrogens with two attached hydrogens (primary N) is 2. The Hall–Kier alpha value is -2.48. The van der Waals surface area contributed by atoms with Gasteiger partial charge in [0.15, 0.2) is 5.82 Å². The largest absolute Gasteiger partial charge is 0.382 e. The number of rotatable bonds is 3. The summed E-state index contributed by atoms with van der Waals surface area (Å²) < 4.78 is 1.41. The molecule has 5 heteroatoms. The average Bonchev–Trinajstić information content (AvgIpc) is 2.68. The van der Waals surface area contributed by atoms with Crippen molar-refractivity contribution in [1.29, 1.82) is 5.26 Å². The summed E-state index contributed by atoms with van der Waals surface area (Å²) in [5.74, 6) is 7.04. The van der Waals surface area contributed by atoms with Gasteiger partial charge >= 0.3 is 0 Å². The predicted molar refractivity (Wildman–Crippen MR) is 70.9 cm³/mol. The first-order valence-corrected chi connectivity index (χ1v) is 5.80. The molecule has 4 N–H and O–H groups in total. The van der Waals surface area contributed by atoms with E-state index in [1.807, 2.05) is 12.1 Å². The minimum Gasteiger partial charge on any atom is -0.382 e. The number of hydrogen-bond acceptors (Lipinski definition) is 4. The number of benzene rings is 1. The van der Waals surface area contributed by atoms with E-state index in [1.54, 1.807) is 12.1 Å². The predicted octanol–water partition coefficient (Wildman–Crippen LogP) is 1.67. The van der Waals surface area contributed by atoms with Gasteiger partial charge in [0.2, 0.25) is 0 Å². The Labute approximate surface area is 106 Å². The van der Waals surface area contributed by atoms with Gasteiger partial charge in [0.1, 0.15) is 11.5 Å². The Bertz CT molecular complexity index is 606. The van der Waals surface area contributed by atoms with Gasteiger partial charge < -0.3 is 11.6 Å². The molecule has 1 heterocycles. The number of anilines is 1. The van der Waals surface area contributed by atoms with Crippen LogP contribution in [0.25, 0.3) is 11.3 Å². The number of aryl methyl sites for hydroxylation is 1. The van der Waals surface area contributed by atoms with Gasteiger partial charge in [-0.05, 0) is 18.6 Å². The van der Waals surface area contributed by atoms with Crippen LogP contribution in [0.1, 0.15) is 24.7 Å². The lowest BCUT2D eigenvalue weighted by atomic mass is 10.1. The monoisotopic (exact) mass is 241 g/mol. The zero-order chi connectivity index (χ0) is 13.1. The summed E-state index contributed by atoms with van der Waals surface area (Å²) >= 11 is 0. The van der Waals surface area contributed by atoms with E-state index in [0.717, 1.165) is 24.2 Å². The highest BCUT2D eigenvalue weighted by Gasteiger charge is 2.14. The molecule has 0 aliphatic carbocycles. The smallest absolute Gasteiger partial charge is 0.150 e. The van der Waals surface area contributed by atoms with Crippen molar-refractivity contribution in [3.8, 4) is 17.3 Å². The Morgan fingerprint density at radius 1 is 1.44 bits per heavy atom. The van der Waals surface area contributed by atoms with Crippen molar-refractivity contribution in [2.75, 3.05) is 11.6 Å². The molecule has 0 saturated heterocycles. The van der Waals surface area contributed by atoms with E-state index >= 15 is 0 Å². The van der Waals surface area contributed by atoms with Crippen LogP contribution in [0.4, 0.5) is 5.82 Å². The SMILES string of the molecule is CCCc1nc(-c2cccc(C#N)c2)c(N)n1N. The van der Waals surface area contributed by atoms with Crippen molar-refractivity contribution < 1.29 is 0 Å². The quantitative estimate of drug-likeness (QED) is 0.799. The molecule has 18 heavy (non-hydrogen) atoms. The highest BCUT2D eigenvalue weighted by atomic mass is 15.4. The average molecular weight is 241 g/mol. The summed E-state index contributed by atoms with van der Waals surface area (Å²) in [6, 6.07) is 9.28. The molecule has 1 aromatic carbocycles. The lowest BCUT2D eigenvalue weighted by molar-refractivity contribution is 0.794. The minimum absolute atomic E-state index is 0.425. The second-order valence-electron chi connectivity index (χ2n) is 4.07. The van der Waals surface area contributed by atoms with Crippen molar-refractivity contribution in [1.82, 2.24) is 9.66 Å². The molecule has 1 aromatic heterocycles. The summed E-state index contributed by atoms with van der Waals surface area (Å²) in [5.41, 5.74) is 7.98. The molecule has 2 aromatic rings. The van der Waals surface area contributed by atoms with Crippen LogP contribution in [0.3, 0.4) is 0 Å². The van der Waals surface area contributed by atoms with E-state index in [-0.39, 0.29) is 0 Å². The van der Waals surface area contributed by atoms with Crippen molar-refractivity contribution >= 4 is 5.82 Å². The highest BCUT2D eigenvalue weighted by molar-refractivity contribution is 5.72. The van der Waals surface area contributed by atoms with Crippen LogP contribution in [-0.2, 0) is 6.42 Å². The number of aromatic nitrogens is 2. The van der Waals surface area contributed by atoms with Gasteiger partial charge in [-0.2, -0.15) is 5.26 Å². The van der Waals surface area contributed by atoms with Gasteiger partial charge in [-0.3, -0.25) is 0 Å². The van der Waals surface area contributed by atoms with Crippen molar-refractivity contribution in [3.63, 3.8) is 0 Å². The molecule has 0 fully saturated rings. The fourth-order valence-electron chi connectivity index (χ4n) is 1.84. The molecule has 0 aliphatic rings. The van der Waals surface area contributed by atoms with Crippen LogP contribution < -0.4 is 11.6 Å². The van der Waals surface area contributed by atoms with Crippen LogP contribution >= 0.6 is 0 Å². The van der Waals surface area contributed by atoms with Crippen LogP contribution in [0.15, 0.2) is 24.3 Å². The summed E-state index contributed by atoms with van der Waals surface area (Å²) in [6.45, 7) is 2.06. The number of hydrogen-bond donors (Lipinski definition) is 2. The molecule has 0 spiro atoms. The zero-order valence-electron chi connectivity index (χ0n) is 10.2. The van der Waals surface area contributed by atoms with Gasteiger partial charge in [-0.25, -0.2) is 9.66 Å². The Balaban J connectivity index is 2.50. The van der Waals surface area contributed by atoms with Gasteiger partial charge in [0, 0.05) is 12.0 Å². The molecule has 92 valence electrons. The maximum atomic E-state index is 8.89. The first kappa shape index (κ1) is 12.0. The fraction of sp³-hybridized carbons (Fsp3) is 0.231. The summed E-state index contributed by atoms with van der Waals surface area (Å²) in [5, 5.41) is 8.89. The maximum Gasteiger partial charge on any atom is 0.150 e. The number of imidazole rings is 1. The Kier molecular flexibility index (Phi) is 3.20. The van der Waals surface area contributed by atoms with E-state index in [2.05, 4.69) is 18.0 Å². The third kappa shape index (κ3) is 2.00. The standard InChI is InChI=1S/C13H15N5/c1-2-4-11-17-12(13(15)18(11)16)10-6-3-5-9(7-10)8-14/h3,5-7H,2,4,15-16H2,1H3. The van der Waals surface area contributed by atoms with Gasteiger partial charge in [-0.15, -0.1) is 0 Å². The normalized spacial score (nSPS) is 10.2. The van der Waals surface area contributed by atoms with Crippen LogP contribution in [-0.4, -0.2) is 9.66 Å². The first-order chi connectivity index (χ1) is 8.67. The molecular formula is C13H15N5. The van der Waals surface area contributed by atoms with Crippen molar-refractivity contribution in [3.05, 3.63) is 35.7 Å². The summed E-state index contributed by atoms with van der Waals surface area (Å²) in [7, 11) is 0. The van der Waals surface area contributed by atoms with E-state index in [1.165, 1.54) is 4.68 Å². The topological polar surface area (TPSA) is 93.6 Å². The number of nitrogens with zero attached hydrogens (tertiary/aromatic N) is 3. The third-order valence-corrected chi connectivity index (χ3v) is 2.76. The summed E-state index contributed by atoms with van der Waals surface area (Å²) in [6.07, 6.45) is 1.73. The number of nitrogen functional groups attached to an aromatic ring is 2. The fourth-order valence-corrected chi connectivity index (χ4v) is 1.84. The van der Waals surface area contributed by atoms with Gasteiger partial charge in [-0.1, -0.05) is 19.1 Å². The number of nitriles is 1. The van der Waals surface area contributed by atoms with E-state index < -0.39 is 0 Å². The summed E-state index contributed by atoms with van der Waals surface area (Å²) in [4.78, 5) is 4.45. The molecule has 0 bridgehead atoms. The molecule has 0 radical (unpaired) electrons. The lowest BCUT2D eigenvalue weighted by Gasteiger charge is -2.01. The Morgan fingerprint density at radius 2 is 2.22 bits per heavy atom. The van der Waals surface area contributed by atoms with Crippen molar-refractivity contribution in [2.24, 2.45) is 0 Å². The molecule has 2 rings (SSSR count). The highest BCUT2D eigenvalue weighted by Crippen LogP contribution is 2.25. The second-order valence-corrected chi connectivity index (χ2v) is 4.07. The molecule has 0 atom stereocenters. The van der Waals surface area contributed by atoms with E-state index in [4.69, 9.17) is 16.8 Å². The molecule has 0 amide bonds. The maximum absolute atomic E-state index is 8.89.